The fraction of sp³-hybridized carbons (Fsp3) is 0.818. The number of hydrogen-bond donors (Lipinski definition) is 0. The smallest absolute Gasteiger partial charge is 0.192 e. The molecule has 1 aromatic heterocycles. The minimum atomic E-state index is -2.18. The molecule has 0 spiro atoms. The van der Waals surface area contributed by atoms with E-state index in [0.29, 0.717) is 6.61 Å². The first-order chi connectivity index (χ1) is 24.0. The number of carbonyl (C=O) groups excluding carboxylic acids is 1. The molecule has 53 heavy (non-hydrogen) atoms. The van der Waals surface area contributed by atoms with Gasteiger partial charge in [-0.15, -0.1) is 11.3 Å². The second-order valence-corrected chi connectivity index (χ2v) is 30.7. The van der Waals surface area contributed by atoms with Crippen LogP contribution in [0, 0.1) is 24.2 Å². The number of rotatable bonds is 19. The van der Waals surface area contributed by atoms with E-state index in [1.165, 1.54) is 11.1 Å². The lowest BCUT2D eigenvalue weighted by atomic mass is 9.70. The zero-order valence-electron chi connectivity index (χ0n) is 37.7. The lowest BCUT2D eigenvalue weighted by Crippen LogP contribution is -2.54. The Hall–Kier alpha value is -0.946. The molecule has 5 atom stereocenters. The van der Waals surface area contributed by atoms with E-state index in [9.17, 15) is 4.79 Å². The molecule has 9 heteroatoms. The number of aryl methyl sites for hydroxylation is 1. The molecular formula is C44H81NO5SSi2. The molecule has 0 N–H and O–H groups in total. The van der Waals surface area contributed by atoms with Crippen LogP contribution in [0.25, 0.3) is 6.08 Å². The van der Waals surface area contributed by atoms with E-state index in [4.69, 9.17) is 23.3 Å². The minimum absolute atomic E-state index is 0.0172. The quantitative estimate of drug-likeness (QED) is 0.103. The number of ether oxygens (including phenoxy) is 2. The number of nitrogens with zero attached hydrogens (tertiary/aromatic N) is 1. The van der Waals surface area contributed by atoms with Crippen molar-refractivity contribution in [1.82, 2.24) is 4.98 Å². The number of hydrogen-bond acceptors (Lipinski definition) is 7. The summed E-state index contributed by atoms with van der Waals surface area (Å²) in [7, 11) is -4.18. The van der Waals surface area contributed by atoms with Gasteiger partial charge in [0.25, 0.3) is 0 Å². The first-order valence-corrected chi connectivity index (χ1v) is 27.2. The third-order valence-electron chi connectivity index (χ3n) is 12.5. The lowest BCUT2D eigenvalue weighted by Gasteiger charge is -2.47. The Morgan fingerprint density at radius 1 is 1.02 bits per heavy atom. The van der Waals surface area contributed by atoms with Gasteiger partial charge < -0.3 is 18.3 Å². The summed E-state index contributed by atoms with van der Waals surface area (Å²) >= 11 is 1.69. The SMILES string of the molecule is CCC[C@@H](C(=O)C(C)(C)C1CCOC(C)(C)O1)[C@@H](O[Si](C)(C)C(C)(C)C)C(C)CCCC(C)=CC[C@H](O[Si](C)(C)C(C)(C)C)/C(C)=C/c1csc(C)n1. The number of allylic oxidation sites excluding steroid dienone is 1. The highest BCUT2D eigenvalue weighted by Crippen LogP contribution is 2.44. The highest BCUT2D eigenvalue weighted by molar-refractivity contribution is 7.09. The summed E-state index contributed by atoms with van der Waals surface area (Å²) in [6, 6.07) is 0. The average molecular weight is 792 g/mol. The predicted molar refractivity (Wildman–Crippen MR) is 233 cm³/mol. The molecule has 1 aromatic rings. The molecule has 0 aromatic carbocycles. The molecule has 2 rings (SSSR count). The van der Waals surface area contributed by atoms with Gasteiger partial charge in [0.2, 0.25) is 0 Å². The van der Waals surface area contributed by atoms with E-state index in [-0.39, 0.29) is 46.0 Å². The number of thiazole rings is 1. The maximum Gasteiger partial charge on any atom is 0.192 e. The fourth-order valence-corrected chi connectivity index (χ4v) is 10.1. The Balaban J connectivity index is 2.32. The second-order valence-electron chi connectivity index (χ2n) is 20.2. The molecule has 1 aliphatic heterocycles. The number of aromatic nitrogens is 1. The zero-order valence-corrected chi connectivity index (χ0v) is 40.5. The van der Waals surface area contributed by atoms with Crippen molar-refractivity contribution in [2.45, 2.75) is 209 Å². The van der Waals surface area contributed by atoms with Crippen LogP contribution in [0.3, 0.4) is 0 Å². The van der Waals surface area contributed by atoms with Crippen LogP contribution in [0.4, 0.5) is 0 Å². The van der Waals surface area contributed by atoms with Crippen molar-refractivity contribution in [2.75, 3.05) is 6.61 Å². The van der Waals surface area contributed by atoms with Gasteiger partial charge >= 0.3 is 0 Å². The van der Waals surface area contributed by atoms with E-state index in [1.54, 1.807) is 11.3 Å². The van der Waals surface area contributed by atoms with Gasteiger partial charge in [-0.2, -0.15) is 0 Å². The Morgan fingerprint density at radius 3 is 2.11 bits per heavy atom. The minimum Gasteiger partial charge on any atom is -0.413 e. The second kappa shape index (κ2) is 19.0. The van der Waals surface area contributed by atoms with Crippen molar-refractivity contribution in [2.24, 2.45) is 17.3 Å². The fourth-order valence-electron chi connectivity index (χ4n) is 6.77. The van der Waals surface area contributed by atoms with Gasteiger partial charge in [0.1, 0.15) is 5.78 Å². The zero-order chi connectivity index (χ0) is 40.8. The van der Waals surface area contributed by atoms with Crippen molar-refractivity contribution in [3.63, 3.8) is 0 Å². The van der Waals surface area contributed by atoms with Gasteiger partial charge in [0.15, 0.2) is 22.4 Å². The Bertz CT molecular complexity index is 1380. The summed E-state index contributed by atoms with van der Waals surface area (Å²) in [5.74, 6) is -0.364. The van der Waals surface area contributed by atoms with Crippen molar-refractivity contribution >= 4 is 39.8 Å². The van der Waals surface area contributed by atoms with Gasteiger partial charge in [0, 0.05) is 11.3 Å². The van der Waals surface area contributed by atoms with E-state index in [0.717, 1.165) is 55.6 Å². The lowest BCUT2D eigenvalue weighted by molar-refractivity contribution is -0.289. The number of ketones is 1. The summed E-state index contributed by atoms with van der Waals surface area (Å²) in [4.78, 5) is 19.5. The molecule has 1 aliphatic rings. The molecule has 0 saturated carbocycles. The van der Waals surface area contributed by atoms with Gasteiger partial charge in [-0.25, -0.2) is 4.98 Å². The van der Waals surface area contributed by atoms with Gasteiger partial charge in [-0.3, -0.25) is 4.79 Å². The highest BCUT2D eigenvalue weighted by atomic mass is 32.1. The van der Waals surface area contributed by atoms with Gasteiger partial charge in [0.05, 0.1) is 41.0 Å². The topological polar surface area (TPSA) is 66.9 Å². The van der Waals surface area contributed by atoms with E-state index < -0.39 is 27.8 Å². The van der Waals surface area contributed by atoms with Crippen molar-refractivity contribution in [1.29, 1.82) is 0 Å². The molecule has 2 unspecified atom stereocenters. The maximum atomic E-state index is 14.8. The van der Waals surface area contributed by atoms with E-state index >= 15 is 0 Å². The van der Waals surface area contributed by atoms with Crippen LogP contribution in [-0.2, 0) is 23.1 Å². The number of carbonyl (C=O) groups is 1. The molecule has 2 heterocycles. The Morgan fingerprint density at radius 2 is 1.60 bits per heavy atom. The first kappa shape index (κ1) is 48.2. The molecule has 6 nitrogen and oxygen atoms in total. The summed E-state index contributed by atoms with van der Waals surface area (Å²) in [6.07, 6.45) is 10.7. The molecule has 1 saturated heterocycles. The normalized spacial score (nSPS) is 20.6. The largest absolute Gasteiger partial charge is 0.413 e. The van der Waals surface area contributed by atoms with Crippen LogP contribution in [0.15, 0.2) is 22.6 Å². The molecular weight excluding hydrogens is 711 g/mol. The summed E-state index contributed by atoms with van der Waals surface area (Å²) < 4.78 is 26.6. The van der Waals surface area contributed by atoms with Gasteiger partial charge in [-0.05, 0) is 127 Å². The van der Waals surface area contributed by atoms with E-state index in [1.807, 2.05) is 13.8 Å². The molecule has 0 amide bonds. The van der Waals surface area contributed by atoms with Crippen molar-refractivity contribution in [3.8, 4) is 0 Å². The predicted octanol–water partition coefficient (Wildman–Crippen LogP) is 13.3. The van der Waals surface area contributed by atoms with Gasteiger partial charge in [-0.1, -0.05) is 87.3 Å². The van der Waals surface area contributed by atoms with E-state index in [2.05, 4.69) is 134 Å². The average Bonchev–Trinajstić information content (AvgIpc) is 3.42. The van der Waals surface area contributed by atoms with Crippen LogP contribution in [0.5, 0.6) is 0 Å². The van der Waals surface area contributed by atoms with Crippen LogP contribution >= 0.6 is 11.3 Å². The first-order valence-electron chi connectivity index (χ1n) is 20.5. The highest BCUT2D eigenvalue weighted by Gasteiger charge is 2.49. The molecule has 0 aliphatic carbocycles. The summed E-state index contributed by atoms with van der Waals surface area (Å²) in [6.45, 7) is 42.9. The monoisotopic (exact) mass is 792 g/mol. The standard InChI is InChI=1S/C44H81NO5SSi2/c1-20-22-36(40(46)43(12,13)38-27-28-47-44(14,15)48-38)39(50-53(18,19)42(9,10)11)32(3)24-21-23-31(2)25-26-37(49-52(16,17)41(6,7)8)33(4)29-35-30-51-34(5)45-35/h25,29-30,32,36-39H,20-24,26-28H2,1-19H3/b31-25?,33-29+/t32?,36-,37+,38?,39+/m1/s1. The van der Waals surface area contributed by atoms with Crippen LogP contribution < -0.4 is 0 Å². The van der Waals surface area contributed by atoms with Crippen LogP contribution in [0.1, 0.15) is 153 Å². The van der Waals surface area contributed by atoms with Crippen LogP contribution in [0.2, 0.25) is 36.3 Å². The maximum absolute atomic E-state index is 14.8. The molecule has 0 radical (unpaired) electrons. The molecule has 0 bridgehead atoms. The van der Waals surface area contributed by atoms with Crippen LogP contribution in [-0.4, -0.2) is 58.1 Å². The number of Topliss-reactive ketones (excluding diaryl/α,β-unsaturated/α-hetero) is 1. The Kier molecular flexibility index (Phi) is 17.3. The third kappa shape index (κ3) is 13.9. The third-order valence-corrected chi connectivity index (χ3v) is 22.3. The summed E-state index contributed by atoms with van der Waals surface area (Å²) in [5, 5.41) is 3.38. The summed E-state index contributed by atoms with van der Waals surface area (Å²) in [5.41, 5.74) is 2.99. The van der Waals surface area contributed by atoms with Crippen molar-refractivity contribution in [3.05, 3.63) is 33.3 Å². The molecule has 306 valence electrons. The van der Waals surface area contributed by atoms with Crippen molar-refractivity contribution < 1.29 is 23.1 Å². The Labute approximate surface area is 332 Å². The molecule has 1 fully saturated rings.